The van der Waals surface area contributed by atoms with Gasteiger partial charge in [0, 0.05) is 34.8 Å². The van der Waals surface area contributed by atoms with Crippen LogP contribution in [0.25, 0.3) is 10.9 Å². The van der Waals surface area contributed by atoms with Crippen LogP contribution in [0.4, 0.5) is 0 Å². The van der Waals surface area contributed by atoms with E-state index in [0.717, 1.165) is 16.5 Å². The van der Waals surface area contributed by atoms with Gasteiger partial charge in [0.15, 0.2) is 5.78 Å². The first-order valence-electron chi connectivity index (χ1n) is 8.58. The third-order valence-electron chi connectivity index (χ3n) is 4.72. The number of rotatable bonds is 6. The summed E-state index contributed by atoms with van der Waals surface area (Å²) in [7, 11) is 0. The van der Waals surface area contributed by atoms with E-state index in [1.165, 1.54) is 6.92 Å². The number of carboxylic acids is 1. The first-order chi connectivity index (χ1) is 12.8. The number of para-hydroxylation sites is 1. The van der Waals surface area contributed by atoms with E-state index in [4.69, 9.17) is 0 Å². The number of Topliss-reactive ketones (excluding diaryl/α,β-unsaturated/α-hetero) is 1. The Morgan fingerprint density at radius 3 is 2.52 bits per heavy atom. The Labute approximate surface area is 155 Å². The number of nitrogens with one attached hydrogen (secondary N) is 3. The predicted octanol–water partition coefficient (Wildman–Crippen LogP) is 2.74. The SMILES string of the molecule is CC(=O)c1c(C)[nH]c(C(=O)NC(Cc2c[nH]c3ccccc23)C(=O)O)c1C. The molecule has 3 rings (SSSR count). The number of hydrogen-bond donors (Lipinski definition) is 4. The average molecular weight is 367 g/mol. The Morgan fingerprint density at radius 2 is 1.89 bits per heavy atom. The molecule has 4 N–H and O–H groups in total. The number of H-pyrrole nitrogens is 2. The van der Waals surface area contributed by atoms with E-state index in [1.54, 1.807) is 20.0 Å². The van der Waals surface area contributed by atoms with Crippen LogP contribution in [0.2, 0.25) is 0 Å². The summed E-state index contributed by atoms with van der Waals surface area (Å²) in [5.41, 5.74) is 3.50. The second-order valence-corrected chi connectivity index (χ2v) is 6.61. The Balaban J connectivity index is 1.85. The van der Waals surface area contributed by atoms with Crippen molar-refractivity contribution in [1.82, 2.24) is 15.3 Å². The molecular formula is C20H21N3O4. The van der Waals surface area contributed by atoms with E-state index < -0.39 is 17.9 Å². The van der Waals surface area contributed by atoms with Crippen molar-refractivity contribution in [3.63, 3.8) is 0 Å². The summed E-state index contributed by atoms with van der Waals surface area (Å²) in [6, 6.07) is 6.48. The van der Waals surface area contributed by atoms with Gasteiger partial charge in [-0.2, -0.15) is 0 Å². The first-order valence-corrected chi connectivity index (χ1v) is 8.58. The zero-order valence-corrected chi connectivity index (χ0v) is 15.3. The van der Waals surface area contributed by atoms with Gasteiger partial charge in [-0.25, -0.2) is 4.79 Å². The molecule has 0 bridgehead atoms. The smallest absolute Gasteiger partial charge is 0.326 e. The van der Waals surface area contributed by atoms with Gasteiger partial charge in [-0.05, 0) is 38.0 Å². The molecular weight excluding hydrogens is 346 g/mol. The monoisotopic (exact) mass is 367 g/mol. The van der Waals surface area contributed by atoms with Crippen LogP contribution in [0.1, 0.15) is 44.6 Å². The fourth-order valence-electron chi connectivity index (χ4n) is 3.46. The van der Waals surface area contributed by atoms with Gasteiger partial charge in [-0.3, -0.25) is 9.59 Å². The lowest BCUT2D eigenvalue weighted by Gasteiger charge is -2.14. The number of fused-ring (bicyclic) bond motifs is 1. The van der Waals surface area contributed by atoms with Gasteiger partial charge in [0.25, 0.3) is 5.91 Å². The standard InChI is InChI=1S/C20H21N3O4/c1-10-17(12(3)24)11(2)22-18(10)19(25)23-16(20(26)27)8-13-9-21-15-7-5-4-6-14(13)15/h4-7,9,16,21-22H,8H2,1-3H3,(H,23,25)(H,26,27). The van der Waals surface area contributed by atoms with Crippen molar-refractivity contribution in [2.45, 2.75) is 33.2 Å². The van der Waals surface area contributed by atoms with E-state index in [0.29, 0.717) is 16.8 Å². The average Bonchev–Trinajstić information content (AvgIpc) is 3.14. The van der Waals surface area contributed by atoms with Gasteiger partial charge in [0.05, 0.1) is 0 Å². The van der Waals surface area contributed by atoms with Crippen LogP contribution in [0, 0.1) is 13.8 Å². The largest absolute Gasteiger partial charge is 0.480 e. The molecule has 0 spiro atoms. The molecule has 27 heavy (non-hydrogen) atoms. The molecule has 0 fully saturated rings. The summed E-state index contributed by atoms with van der Waals surface area (Å²) in [5, 5.41) is 13.0. The topological polar surface area (TPSA) is 115 Å². The van der Waals surface area contributed by atoms with Crippen LogP contribution in [0.15, 0.2) is 30.5 Å². The van der Waals surface area contributed by atoms with Crippen molar-refractivity contribution in [2.75, 3.05) is 0 Å². The molecule has 1 amide bonds. The Bertz CT molecular complexity index is 1040. The maximum atomic E-state index is 12.6. The van der Waals surface area contributed by atoms with Crippen molar-refractivity contribution in [2.24, 2.45) is 0 Å². The molecule has 7 nitrogen and oxygen atoms in total. The molecule has 2 heterocycles. The van der Waals surface area contributed by atoms with Crippen LogP contribution in [0.3, 0.4) is 0 Å². The first kappa shape index (κ1) is 18.4. The summed E-state index contributed by atoms with van der Waals surface area (Å²) < 4.78 is 0. The fraction of sp³-hybridized carbons (Fsp3) is 0.250. The molecule has 7 heteroatoms. The number of carbonyl (C=O) groups is 3. The van der Waals surface area contributed by atoms with Gasteiger partial charge < -0.3 is 20.4 Å². The van der Waals surface area contributed by atoms with Gasteiger partial charge in [-0.1, -0.05) is 18.2 Å². The van der Waals surface area contributed by atoms with Crippen LogP contribution in [0.5, 0.6) is 0 Å². The number of benzene rings is 1. The van der Waals surface area contributed by atoms with E-state index in [1.807, 2.05) is 24.3 Å². The van der Waals surface area contributed by atoms with Crippen LogP contribution in [-0.2, 0) is 11.2 Å². The van der Waals surface area contributed by atoms with Crippen molar-refractivity contribution in [3.05, 3.63) is 58.5 Å². The third-order valence-corrected chi connectivity index (χ3v) is 4.72. The highest BCUT2D eigenvalue weighted by atomic mass is 16.4. The number of hydrogen-bond acceptors (Lipinski definition) is 3. The number of aromatic nitrogens is 2. The van der Waals surface area contributed by atoms with Crippen molar-refractivity contribution >= 4 is 28.6 Å². The molecule has 3 aromatic rings. The van der Waals surface area contributed by atoms with Gasteiger partial charge in [-0.15, -0.1) is 0 Å². The minimum Gasteiger partial charge on any atom is -0.480 e. The van der Waals surface area contributed by atoms with E-state index in [9.17, 15) is 19.5 Å². The van der Waals surface area contributed by atoms with Crippen molar-refractivity contribution in [1.29, 1.82) is 0 Å². The van der Waals surface area contributed by atoms with Crippen LogP contribution < -0.4 is 5.32 Å². The lowest BCUT2D eigenvalue weighted by Crippen LogP contribution is -2.42. The molecule has 0 radical (unpaired) electrons. The number of amides is 1. The summed E-state index contributed by atoms with van der Waals surface area (Å²) in [5.74, 6) is -1.81. The Hall–Kier alpha value is -3.35. The van der Waals surface area contributed by atoms with Gasteiger partial charge in [0.1, 0.15) is 11.7 Å². The molecule has 1 unspecified atom stereocenters. The summed E-state index contributed by atoms with van der Waals surface area (Å²) in [6.07, 6.45) is 1.90. The van der Waals surface area contributed by atoms with E-state index in [-0.39, 0.29) is 17.9 Å². The van der Waals surface area contributed by atoms with Crippen LogP contribution in [-0.4, -0.2) is 38.8 Å². The number of aliphatic carboxylic acids is 1. The Morgan fingerprint density at radius 1 is 1.19 bits per heavy atom. The lowest BCUT2D eigenvalue weighted by molar-refractivity contribution is -0.139. The zero-order valence-electron chi connectivity index (χ0n) is 15.3. The fourth-order valence-corrected chi connectivity index (χ4v) is 3.46. The second-order valence-electron chi connectivity index (χ2n) is 6.61. The van der Waals surface area contributed by atoms with Gasteiger partial charge >= 0.3 is 5.97 Å². The zero-order chi connectivity index (χ0) is 19.7. The highest BCUT2D eigenvalue weighted by Gasteiger charge is 2.26. The quantitative estimate of drug-likeness (QED) is 0.501. The molecule has 2 aromatic heterocycles. The third kappa shape index (κ3) is 3.48. The molecule has 1 aromatic carbocycles. The molecule has 140 valence electrons. The predicted molar refractivity (Wildman–Crippen MR) is 101 cm³/mol. The number of ketones is 1. The number of aromatic amines is 2. The van der Waals surface area contributed by atoms with Crippen LogP contribution >= 0.6 is 0 Å². The van der Waals surface area contributed by atoms with E-state index in [2.05, 4.69) is 15.3 Å². The number of carbonyl (C=O) groups excluding carboxylic acids is 2. The summed E-state index contributed by atoms with van der Waals surface area (Å²) >= 11 is 0. The molecule has 1 atom stereocenters. The minimum atomic E-state index is -1.12. The highest BCUT2D eigenvalue weighted by Crippen LogP contribution is 2.21. The summed E-state index contributed by atoms with van der Waals surface area (Å²) in [4.78, 5) is 42.1. The molecule has 0 aliphatic rings. The summed E-state index contributed by atoms with van der Waals surface area (Å²) in [6.45, 7) is 4.81. The van der Waals surface area contributed by atoms with E-state index >= 15 is 0 Å². The normalized spacial score (nSPS) is 12.1. The Kier molecular flexibility index (Phi) is 4.85. The maximum absolute atomic E-state index is 12.6. The van der Waals surface area contributed by atoms with Crippen molar-refractivity contribution in [3.8, 4) is 0 Å². The molecule has 0 saturated carbocycles. The number of aryl methyl sites for hydroxylation is 1. The lowest BCUT2D eigenvalue weighted by atomic mass is 10.0. The highest BCUT2D eigenvalue weighted by molar-refractivity contribution is 6.03. The number of carboxylic acid groups (broad SMARTS) is 1. The minimum absolute atomic E-state index is 0.142. The second kappa shape index (κ2) is 7.11. The van der Waals surface area contributed by atoms with Gasteiger partial charge in [0.2, 0.25) is 0 Å². The molecule has 0 saturated heterocycles. The molecule has 0 aliphatic carbocycles. The maximum Gasteiger partial charge on any atom is 0.326 e. The molecule has 0 aliphatic heterocycles. The van der Waals surface area contributed by atoms with Crippen molar-refractivity contribution < 1.29 is 19.5 Å².